The van der Waals surface area contributed by atoms with E-state index in [1.165, 1.54) is 0 Å². The summed E-state index contributed by atoms with van der Waals surface area (Å²) in [5.41, 5.74) is -1.04. The zero-order valence-electron chi connectivity index (χ0n) is 11.6. The van der Waals surface area contributed by atoms with Crippen LogP contribution in [0.15, 0.2) is 47.4 Å². The Morgan fingerprint density at radius 2 is 1.80 bits per heavy atom. The van der Waals surface area contributed by atoms with Crippen LogP contribution < -0.4 is 4.72 Å². The fraction of sp³-hybridized carbons (Fsp3) is 0.333. The van der Waals surface area contributed by atoms with Gasteiger partial charge in [0.25, 0.3) is 0 Å². The highest BCUT2D eigenvalue weighted by atomic mass is 32.2. The molecule has 2 N–H and O–H groups in total. The van der Waals surface area contributed by atoms with Gasteiger partial charge >= 0.3 is 0 Å². The van der Waals surface area contributed by atoms with E-state index < -0.39 is 15.6 Å². The van der Waals surface area contributed by atoms with Crippen LogP contribution in [0.25, 0.3) is 10.8 Å². The molecule has 0 amide bonds. The standard InChI is InChI=1S/C15H19NO3S/c1-3-15(2,17)11-16-20(18,19)14-9-8-12-6-4-5-7-13(12)10-14/h4-10,16-17H,3,11H2,1-2H3. The third kappa shape index (κ3) is 3.36. The quantitative estimate of drug-likeness (QED) is 0.889. The van der Waals surface area contributed by atoms with E-state index in [1.807, 2.05) is 31.2 Å². The normalized spacial score (nSPS) is 15.2. The molecule has 0 bridgehead atoms. The predicted molar refractivity (Wildman–Crippen MR) is 80.1 cm³/mol. The summed E-state index contributed by atoms with van der Waals surface area (Å²) in [5.74, 6) is 0. The van der Waals surface area contributed by atoms with Gasteiger partial charge in [-0.2, -0.15) is 0 Å². The second-order valence-electron chi connectivity index (χ2n) is 5.18. The van der Waals surface area contributed by atoms with Crippen molar-refractivity contribution in [3.05, 3.63) is 42.5 Å². The number of hydrogen-bond acceptors (Lipinski definition) is 3. The lowest BCUT2D eigenvalue weighted by Gasteiger charge is -2.21. The highest BCUT2D eigenvalue weighted by molar-refractivity contribution is 7.89. The van der Waals surface area contributed by atoms with Crippen molar-refractivity contribution in [3.8, 4) is 0 Å². The summed E-state index contributed by atoms with van der Waals surface area (Å²) < 4.78 is 26.9. The first kappa shape index (κ1) is 15.0. The van der Waals surface area contributed by atoms with Gasteiger partial charge in [0.15, 0.2) is 0 Å². The van der Waals surface area contributed by atoms with Crippen molar-refractivity contribution >= 4 is 20.8 Å². The lowest BCUT2D eigenvalue weighted by Crippen LogP contribution is -2.40. The van der Waals surface area contributed by atoms with Crippen molar-refractivity contribution in [3.63, 3.8) is 0 Å². The molecule has 0 saturated heterocycles. The molecule has 0 aliphatic heterocycles. The van der Waals surface area contributed by atoms with Crippen molar-refractivity contribution < 1.29 is 13.5 Å². The lowest BCUT2D eigenvalue weighted by atomic mass is 10.1. The van der Waals surface area contributed by atoms with Crippen LogP contribution in [-0.2, 0) is 10.0 Å². The van der Waals surface area contributed by atoms with Crippen LogP contribution in [0.4, 0.5) is 0 Å². The monoisotopic (exact) mass is 293 g/mol. The molecule has 0 spiro atoms. The Balaban J connectivity index is 2.27. The first-order valence-electron chi connectivity index (χ1n) is 6.55. The highest BCUT2D eigenvalue weighted by Gasteiger charge is 2.22. The van der Waals surface area contributed by atoms with Crippen LogP contribution >= 0.6 is 0 Å². The molecule has 1 unspecified atom stereocenters. The van der Waals surface area contributed by atoms with E-state index >= 15 is 0 Å². The van der Waals surface area contributed by atoms with Crippen molar-refractivity contribution in [1.82, 2.24) is 4.72 Å². The summed E-state index contributed by atoms with van der Waals surface area (Å²) in [7, 11) is -3.61. The number of fused-ring (bicyclic) bond motifs is 1. The Labute approximate surface area is 119 Å². The maximum Gasteiger partial charge on any atom is 0.240 e. The summed E-state index contributed by atoms with van der Waals surface area (Å²) in [6.45, 7) is 3.42. The molecular weight excluding hydrogens is 274 g/mol. The number of rotatable bonds is 5. The first-order chi connectivity index (χ1) is 9.34. The van der Waals surface area contributed by atoms with Gasteiger partial charge in [-0.15, -0.1) is 0 Å². The Hall–Kier alpha value is -1.43. The molecule has 0 aliphatic carbocycles. The van der Waals surface area contributed by atoms with E-state index in [-0.39, 0.29) is 11.4 Å². The molecule has 0 saturated carbocycles. The second kappa shape index (κ2) is 5.52. The van der Waals surface area contributed by atoms with E-state index in [0.717, 1.165) is 10.8 Å². The van der Waals surface area contributed by atoms with Crippen LogP contribution in [0.2, 0.25) is 0 Å². The zero-order chi connectivity index (χ0) is 14.8. The molecule has 108 valence electrons. The Morgan fingerprint density at radius 1 is 1.15 bits per heavy atom. The minimum atomic E-state index is -3.61. The number of benzene rings is 2. The number of aliphatic hydroxyl groups is 1. The van der Waals surface area contributed by atoms with Gasteiger partial charge in [-0.1, -0.05) is 37.3 Å². The van der Waals surface area contributed by atoms with Crippen molar-refractivity contribution in [1.29, 1.82) is 0 Å². The van der Waals surface area contributed by atoms with Crippen LogP contribution in [-0.4, -0.2) is 25.7 Å². The zero-order valence-corrected chi connectivity index (χ0v) is 12.4. The fourth-order valence-corrected chi connectivity index (χ4v) is 2.99. The molecule has 0 radical (unpaired) electrons. The van der Waals surface area contributed by atoms with Crippen LogP contribution in [0.1, 0.15) is 20.3 Å². The number of hydrogen-bond donors (Lipinski definition) is 2. The van der Waals surface area contributed by atoms with Crippen molar-refractivity contribution in [2.45, 2.75) is 30.8 Å². The summed E-state index contributed by atoms with van der Waals surface area (Å²) >= 11 is 0. The number of sulfonamides is 1. The van der Waals surface area contributed by atoms with Gasteiger partial charge < -0.3 is 5.11 Å². The molecule has 5 heteroatoms. The van der Waals surface area contributed by atoms with Crippen LogP contribution in [0.5, 0.6) is 0 Å². The minimum Gasteiger partial charge on any atom is -0.389 e. The molecule has 0 fully saturated rings. The summed E-state index contributed by atoms with van der Waals surface area (Å²) in [6.07, 6.45) is 0.479. The predicted octanol–water partition coefficient (Wildman–Crippen LogP) is 2.28. The summed E-state index contributed by atoms with van der Waals surface area (Å²) in [5, 5.41) is 11.7. The SMILES string of the molecule is CCC(C)(O)CNS(=O)(=O)c1ccc2ccccc2c1. The molecule has 0 aliphatic rings. The maximum atomic E-state index is 12.2. The fourth-order valence-electron chi connectivity index (χ4n) is 1.79. The van der Waals surface area contributed by atoms with E-state index in [0.29, 0.717) is 6.42 Å². The van der Waals surface area contributed by atoms with Crippen molar-refractivity contribution in [2.24, 2.45) is 0 Å². The van der Waals surface area contributed by atoms with Crippen LogP contribution in [0.3, 0.4) is 0 Å². The third-order valence-corrected chi connectivity index (χ3v) is 4.83. The topological polar surface area (TPSA) is 66.4 Å². The van der Waals surface area contributed by atoms with Crippen LogP contribution in [0, 0.1) is 0 Å². The van der Waals surface area contributed by atoms with Gasteiger partial charge in [0, 0.05) is 6.54 Å². The van der Waals surface area contributed by atoms with Gasteiger partial charge in [-0.3, -0.25) is 0 Å². The van der Waals surface area contributed by atoms with Gasteiger partial charge in [0.1, 0.15) is 0 Å². The Kier molecular flexibility index (Phi) is 4.13. The first-order valence-corrected chi connectivity index (χ1v) is 8.03. The molecule has 2 rings (SSSR count). The van der Waals surface area contributed by atoms with Gasteiger partial charge in [0.2, 0.25) is 10.0 Å². The smallest absolute Gasteiger partial charge is 0.240 e. The summed E-state index contributed by atoms with van der Waals surface area (Å²) in [4.78, 5) is 0.211. The average Bonchev–Trinajstić information content (AvgIpc) is 2.45. The maximum absolute atomic E-state index is 12.2. The Morgan fingerprint density at radius 3 is 2.45 bits per heavy atom. The molecule has 0 heterocycles. The Bertz CT molecular complexity index is 708. The largest absolute Gasteiger partial charge is 0.389 e. The molecule has 0 aromatic heterocycles. The van der Waals surface area contributed by atoms with Gasteiger partial charge in [-0.05, 0) is 36.2 Å². The van der Waals surface area contributed by atoms with Gasteiger partial charge in [0.05, 0.1) is 10.5 Å². The van der Waals surface area contributed by atoms with E-state index in [1.54, 1.807) is 25.1 Å². The van der Waals surface area contributed by atoms with Crippen molar-refractivity contribution in [2.75, 3.05) is 6.54 Å². The molecule has 4 nitrogen and oxygen atoms in total. The summed E-state index contributed by atoms with van der Waals surface area (Å²) in [6, 6.07) is 12.6. The molecule has 20 heavy (non-hydrogen) atoms. The second-order valence-corrected chi connectivity index (χ2v) is 6.95. The molecule has 2 aromatic carbocycles. The number of nitrogens with one attached hydrogen (secondary N) is 1. The van der Waals surface area contributed by atoms with E-state index in [2.05, 4.69) is 4.72 Å². The molecule has 1 atom stereocenters. The minimum absolute atomic E-state index is 0.00133. The van der Waals surface area contributed by atoms with Gasteiger partial charge in [-0.25, -0.2) is 13.1 Å². The molecule has 2 aromatic rings. The average molecular weight is 293 g/mol. The van der Waals surface area contributed by atoms with E-state index in [4.69, 9.17) is 0 Å². The molecular formula is C15H19NO3S. The van der Waals surface area contributed by atoms with E-state index in [9.17, 15) is 13.5 Å². The highest BCUT2D eigenvalue weighted by Crippen LogP contribution is 2.19. The lowest BCUT2D eigenvalue weighted by molar-refractivity contribution is 0.0613. The third-order valence-electron chi connectivity index (χ3n) is 3.44.